The Hall–Kier alpha value is -2.65. The summed E-state index contributed by atoms with van der Waals surface area (Å²) in [6, 6.07) is 13.8. The van der Waals surface area contributed by atoms with Crippen molar-refractivity contribution >= 4 is 21.2 Å². The summed E-state index contributed by atoms with van der Waals surface area (Å²) >= 11 is 0. The average Bonchev–Trinajstić information content (AvgIpc) is 2.71. The summed E-state index contributed by atoms with van der Waals surface area (Å²) in [6.45, 7) is 4.42. The maximum atomic E-state index is 11.7. The second kappa shape index (κ2) is 9.23. The Bertz CT molecular complexity index is 942. The fraction of sp³-hybridized carbons (Fsp3) is 0.400. The van der Waals surface area contributed by atoms with Gasteiger partial charge in [-0.2, -0.15) is 0 Å². The molecule has 3 rings (SSSR count). The van der Waals surface area contributed by atoms with Crippen LogP contribution in [0.3, 0.4) is 0 Å². The maximum absolute atomic E-state index is 11.7. The number of para-hydroxylation sites is 1. The molecule has 0 atom stereocenters. The second-order valence-corrected chi connectivity index (χ2v) is 9.04. The molecule has 8 nitrogen and oxygen atoms in total. The molecule has 9 heteroatoms. The van der Waals surface area contributed by atoms with Crippen molar-refractivity contribution in [3.05, 3.63) is 58.6 Å². The average molecular weight is 420 g/mol. The lowest BCUT2D eigenvalue weighted by molar-refractivity contribution is -0.384. The third-order valence-electron chi connectivity index (χ3n) is 4.92. The zero-order valence-electron chi connectivity index (χ0n) is 16.4. The van der Waals surface area contributed by atoms with E-state index in [0.29, 0.717) is 25.4 Å². The summed E-state index contributed by atoms with van der Waals surface area (Å²) in [5.41, 5.74) is 0.298. The molecule has 0 unspecified atom stereocenters. The van der Waals surface area contributed by atoms with Crippen LogP contribution in [0, 0.1) is 10.1 Å². The summed E-state index contributed by atoms with van der Waals surface area (Å²) in [7, 11) is -3.49. The van der Waals surface area contributed by atoms with Crippen LogP contribution in [0.5, 0.6) is 5.75 Å². The molecule has 1 heterocycles. The van der Waals surface area contributed by atoms with Gasteiger partial charge in [-0.15, -0.1) is 0 Å². The topological polar surface area (TPSA) is 93.0 Å². The second-order valence-electron chi connectivity index (χ2n) is 7.02. The first-order valence-electron chi connectivity index (χ1n) is 9.48. The van der Waals surface area contributed by atoms with Gasteiger partial charge in [0.1, 0.15) is 11.4 Å². The van der Waals surface area contributed by atoms with Crippen LogP contribution in [0.2, 0.25) is 0 Å². The highest BCUT2D eigenvalue weighted by Gasteiger charge is 2.25. The van der Waals surface area contributed by atoms with E-state index in [1.54, 1.807) is 0 Å². The van der Waals surface area contributed by atoms with E-state index in [-0.39, 0.29) is 10.6 Å². The number of sulfone groups is 1. The van der Waals surface area contributed by atoms with Crippen molar-refractivity contribution in [3.63, 3.8) is 0 Å². The lowest BCUT2D eigenvalue weighted by Crippen LogP contribution is -2.47. The summed E-state index contributed by atoms with van der Waals surface area (Å²) in [6.07, 6.45) is 1.95. The van der Waals surface area contributed by atoms with Gasteiger partial charge in [-0.1, -0.05) is 18.2 Å². The quantitative estimate of drug-likeness (QED) is 0.369. The monoisotopic (exact) mass is 419 g/mol. The molecule has 156 valence electrons. The van der Waals surface area contributed by atoms with Crippen molar-refractivity contribution in [2.75, 3.05) is 50.5 Å². The summed E-state index contributed by atoms with van der Waals surface area (Å²) < 4.78 is 29.1. The maximum Gasteiger partial charge on any atom is 0.293 e. The van der Waals surface area contributed by atoms with Gasteiger partial charge in [-0.3, -0.25) is 15.0 Å². The van der Waals surface area contributed by atoms with Gasteiger partial charge < -0.3 is 9.64 Å². The standard InChI is InChI=1S/C20H25N3O5S/c1-29(26,27)18-8-9-19(20(16-18)23(24)25)22-13-11-21(12-14-22)10-5-15-28-17-6-3-2-4-7-17/h2-4,6-9,16H,5,10-15H2,1H3. The van der Waals surface area contributed by atoms with Crippen molar-refractivity contribution in [1.82, 2.24) is 4.90 Å². The predicted molar refractivity (Wildman–Crippen MR) is 111 cm³/mol. The van der Waals surface area contributed by atoms with Crippen molar-refractivity contribution in [2.45, 2.75) is 11.3 Å². The zero-order chi connectivity index (χ0) is 20.9. The third-order valence-corrected chi connectivity index (χ3v) is 6.03. The van der Waals surface area contributed by atoms with Crippen LogP contribution >= 0.6 is 0 Å². The van der Waals surface area contributed by atoms with Crippen LogP contribution in [-0.2, 0) is 9.84 Å². The van der Waals surface area contributed by atoms with E-state index < -0.39 is 14.8 Å². The number of ether oxygens (including phenoxy) is 1. The van der Waals surface area contributed by atoms with Crippen molar-refractivity contribution in [3.8, 4) is 5.75 Å². The Kier molecular flexibility index (Phi) is 6.71. The van der Waals surface area contributed by atoms with Crippen LogP contribution in [0.25, 0.3) is 0 Å². The first kappa shape index (κ1) is 21.1. The number of nitro groups is 1. The molecule has 0 bridgehead atoms. The van der Waals surface area contributed by atoms with Gasteiger partial charge in [0.25, 0.3) is 5.69 Å². The molecular formula is C20H25N3O5S. The number of benzene rings is 2. The minimum atomic E-state index is -3.49. The van der Waals surface area contributed by atoms with Crippen LogP contribution in [-0.4, -0.2) is 63.8 Å². The predicted octanol–water partition coefficient (Wildman–Crippen LogP) is 2.59. The number of nitro benzene ring substituents is 1. The lowest BCUT2D eigenvalue weighted by atomic mass is 10.2. The molecule has 0 aliphatic carbocycles. The van der Waals surface area contributed by atoms with Gasteiger partial charge in [-0.25, -0.2) is 8.42 Å². The molecule has 1 saturated heterocycles. The number of nitrogens with zero attached hydrogens (tertiary/aromatic N) is 3. The van der Waals surface area contributed by atoms with Gasteiger partial charge in [0, 0.05) is 45.0 Å². The number of piperazine rings is 1. The van der Waals surface area contributed by atoms with Crippen LogP contribution in [0.15, 0.2) is 53.4 Å². The summed E-state index contributed by atoms with van der Waals surface area (Å²) in [5.74, 6) is 0.863. The molecule has 1 aliphatic heterocycles. The number of hydrogen-bond donors (Lipinski definition) is 0. The van der Waals surface area contributed by atoms with E-state index in [0.717, 1.165) is 44.1 Å². The minimum Gasteiger partial charge on any atom is -0.494 e. The molecule has 0 radical (unpaired) electrons. The van der Waals surface area contributed by atoms with Gasteiger partial charge in [0.2, 0.25) is 0 Å². The molecule has 0 N–H and O–H groups in total. The Balaban J connectivity index is 1.53. The molecule has 1 fully saturated rings. The van der Waals surface area contributed by atoms with E-state index in [2.05, 4.69) is 4.90 Å². The third kappa shape index (κ3) is 5.68. The SMILES string of the molecule is CS(=O)(=O)c1ccc(N2CCN(CCCOc3ccccc3)CC2)c([N+](=O)[O-])c1. The Morgan fingerprint density at radius 1 is 1.07 bits per heavy atom. The van der Waals surface area contributed by atoms with E-state index >= 15 is 0 Å². The highest BCUT2D eigenvalue weighted by atomic mass is 32.2. The summed E-state index contributed by atoms with van der Waals surface area (Å²) in [4.78, 5) is 15.2. The minimum absolute atomic E-state index is 0.0370. The van der Waals surface area contributed by atoms with Gasteiger partial charge in [0.15, 0.2) is 9.84 Å². The van der Waals surface area contributed by atoms with Crippen LogP contribution < -0.4 is 9.64 Å². The van der Waals surface area contributed by atoms with E-state index in [1.165, 1.54) is 12.1 Å². The fourth-order valence-corrected chi connectivity index (χ4v) is 4.00. The molecule has 0 aromatic heterocycles. The van der Waals surface area contributed by atoms with Crippen molar-refractivity contribution < 1.29 is 18.1 Å². The first-order valence-corrected chi connectivity index (χ1v) is 11.4. The lowest BCUT2D eigenvalue weighted by Gasteiger charge is -2.35. The smallest absolute Gasteiger partial charge is 0.293 e. The molecule has 1 aliphatic rings. The molecule has 0 spiro atoms. The molecule has 2 aromatic rings. The van der Waals surface area contributed by atoms with E-state index in [4.69, 9.17) is 4.74 Å². The van der Waals surface area contributed by atoms with E-state index in [9.17, 15) is 18.5 Å². The largest absolute Gasteiger partial charge is 0.494 e. The number of anilines is 1. The molecular weight excluding hydrogens is 394 g/mol. The number of rotatable bonds is 8. The van der Waals surface area contributed by atoms with Crippen LogP contribution in [0.1, 0.15) is 6.42 Å². The number of hydrogen-bond acceptors (Lipinski definition) is 7. The summed E-state index contributed by atoms with van der Waals surface area (Å²) in [5, 5.41) is 11.5. The van der Waals surface area contributed by atoms with Crippen molar-refractivity contribution in [2.24, 2.45) is 0 Å². The van der Waals surface area contributed by atoms with Crippen LogP contribution in [0.4, 0.5) is 11.4 Å². The highest BCUT2D eigenvalue weighted by molar-refractivity contribution is 7.90. The Morgan fingerprint density at radius 2 is 1.76 bits per heavy atom. The van der Waals surface area contributed by atoms with Crippen molar-refractivity contribution in [1.29, 1.82) is 0 Å². The zero-order valence-corrected chi connectivity index (χ0v) is 17.2. The molecule has 2 aromatic carbocycles. The van der Waals surface area contributed by atoms with E-state index in [1.807, 2.05) is 35.2 Å². The normalized spacial score (nSPS) is 15.3. The Morgan fingerprint density at radius 3 is 2.38 bits per heavy atom. The van der Waals surface area contributed by atoms with Gasteiger partial charge in [-0.05, 0) is 30.7 Å². The molecule has 29 heavy (non-hydrogen) atoms. The van der Waals surface area contributed by atoms with Gasteiger partial charge >= 0.3 is 0 Å². The first-order chi connectivity index (χ1) is 13.8. The van der Waals surface area contributed by atoms with Gasteiger partial charge in [0.05, 0.1) is 16.4 Å². The highest BCUT2D eigenvalue weighted by Crippen LogP contribution is 2.31. The molecule has 0 amide bonds. The Labute approximate surface area is 170 Å². The molecule has 0 saturated carbocycles. The fourth-order valence-electron chi connectivity index (χ4n) is 3.35.